The zero-order valence-corrected chi connectivity index (χ0v) is 23.4. The van der Waals surface area contributed by atoms with Gasteiger partial charge in [0.15, 0.2) is 12.8 Å². The number of aliphatic hydroxyl groups is 2. The molecule has 1 aliphatic heterocycles. The maximum Gasteiger partial charge on any atom is 0.318 e. The van der Waals surface area contributed by atoms with E-state index in [4.69, 9.17) is 4.74 Å². The molecule has 0 saturated carbocycles. The van der Waals surface area contributed by atoms with Crippen molar-refractivity contribution >= 4 is 17.8 Å². The largest absolute Gasteiger partial charge is 0.483 e. The van der Waals surface area contributed by atoms with Gasteiger partial charge in [0.05, 0.1) is 0 Å². The number of nitrogens with zero attached hydrogens (tertiary/aromatic N) is 1. The molecule has 10 nitrogen and oxygen atoms in total. The predicted octanol–water partition coefficient (Wildman–Crippen LogP) is 1.96. The number of ether oxygens (including phenoxy) is 1. The molecule has 0 aromatic heterocycles. The number of aryl methyl sites for hydroxylation is 2. The zero-order chi connectivity index (χ0) is 29.2. The summed E-state index contributed by atoms with van der Waals surface area (Å²) in [5, 5.41) is 29.4. The van der Waals surface area contributed by atoms with Crippen molar-refractivity contribution in [1.82, 2.24) is 20.9 Å². The summed E-state index contributed by atoms with van der Waals surface area (Å²) in [5.74, 6) is -0.442. The van der Waals surface area contributed by atoms with Crippen LogP contribution in [0.5, 0.6) is 5.75 Å². The molecule has 216 valence electrons. The number of carbonyl (C=O) groups excluding carboxylic acids is 3. The molecule has 1 saturated heterocycles. The molecule has 2 aromatic carbocycles. The van der Waals surface area contributed by atoms with Gasteiger partial charge in [-0.3, -0.25) is 9.59 Å². The predicted molar refractivity (Wildman–Crippen MR) is 152 cm³/mol. The first kappa shape index (κ1) is 30.6. The molecule has 0 bridgehead atoms. The highest BCUT2D eigenvalue weighted by molar-refractivity contribution is 5.90. The number of urea groups is 1. The third kappa shape index (κ3) is 8.56. The molecule has 0 radical (unpaired) electrons. The molecule has 10 heteroatoms. The van der Waals surface area contributed by atoms with E-state index in [0.717, 1.165) is 16.7 Å². The first-order valence-corrected chi connectivity index (χ1v) is 13.5. The van der Waals surface area contributed by atoms with Crippen molar-refractivity contribution in [3.05, 3.63) is 77.4 Å². The topological polar surface area (TPSA) is 140 Å². The van der Waals surface area contributed by atoms with Crippen LogP contribution in [0, 0.1) is 13.8 Å². The molecule has 1 heterocycles. The number of nitrogens with one attached hydrogen (secondary N) is 3. The Labute approximate surface area is 235 Å². The second kappa shape index (κ2) is 14.5. The Morgan fingerprint density at radius 2 is 1.75 bits per heavy atom. The van der Waals surface area contributed by atoms with Crippen molar-refractivity contribution in [3.8, 4) is 5.75 Å². The smallest absolute Gasteiger partial charge is 0.318 e. The first-order chi connectivity index (χ1) is 19.1. The molecule has 4 amide bonds. The summed E-state index contributed by atoms with van der Waals surface area (Å²) in [5.41, 5.74) is 3.17. The Hall–Kier alpha value is -3.89. The van der Waals surface area contributed by atoms with Gasteiger partial charge in [0.1, 0.15) is 17.9 Å². The average molecular weight is 553 g/mol. The normalized spacial score (nSPS) is 16.2. The highest BCUT2D eigenvalue weighted by atomic mass is 16.5. The van der Waals surface area contributed by atoms with Crippen LogP contribution in [0.15, 0.2) is 60.7 Å². The van der Waals surface area contributed by atoms with Gasteiger partial charge in [-0.15, -0.1) is 0 Å². The van der Waals surface area contributed by atoms with Crippen LogP contribution >= 0.6 is 0 Å². The molecule has 0 unspecified atom stereocenters. The minimum Gasteiger partial charge on any atom is -0.483 e. The molecular weight excluding hydrogens is 512 g/mol. The second-order valence-electron chi connectivity index (χ2n) is 10.2. The van der Waals surface area contributed by atoms with E-state index < -0.39 is 36.2 Å². The third-order valence-corrected chi connectivity index (χ3v) is 6.77. The molecule has 4 atom stereocenters. The number of amides is 4. The van der Waals surface area contributed by atoms with E-state index in [1.54, 1.807) is 6.92 Å². The Kier molecular flexibility index (Phi) is 11.1. The number of hydrogen-bond donors (Lipinski definition) is 5. The van der Waals surface area contributed by atoms with Crippen molar-refractivity contribution in [2.24, 2.45) is 0 Å². The fraction of sp³-hybridized carbons (Fsp3) is 0.433. The van der Waals surface area contributed by atoms with E-state index >= 15 is 0 Å². The monoisotopic (exact) mass is 552 g/mol. The van der Waals surface area contributed by atoms with Crippen LogP contribution in [0.3, 0.4) is 0 Å². The van der Waals surface area contributed by atoms with Crippen LogP contribution in [-0.4, -0.2) is 77.1 Å². The van der Waals surface area contributed by atoms with Crippen molar-refractivity contribution in [1.29, 1.82) is 0 Å². The van der Waals surface area contributed by atoms with Crippen molar-refractivity contribution in [2.45, 2.75) is 64.4 Å². The van der Waals surface area contributed by atoms with Crippen molar-refractivity contribution in [2.75, 3.05) is 19.7 Å². The number of benzene rings is 2. The highest BCUT2D eigenvalue weighted by Crippen LogP contribution is 2.22. The Morgan fingerprint density at radius 1 is 1.07 bits per heavy atom. The fourth-order valence-electron chi connectivity index (χ4n) is 4.79. The SMILES string of the molecule is C=C(C)[C@@H](C(=O)N[C@@H](Cc1ccccc1)C[C@H](O)[C@H](O)NC(=O)COc1c(C)cccc1C)N1CCCNC1=O. The molecule has 40 heavy (non-hydrogen) atoms. The summed E-state index contributed by atoms with van der Waals surface area (Å²) in [6, 6.07) is 13.2. The van der Waals surface area contributed by atoms with Gasteiger partial charge in [-0.25, -0.2) is 4.79 Å². The molecule has 0 aliphatic carbocycles. The zero-order valence-electron chi connectivity index (χ0n) is 23.4. The van der Waals surface area contributed by atoms with Gasteiger partial charge in [0.25, 0.3) is 5.91 Å². The van der Waals surface area contributed by atoms with Crippen LogP contribution in [-0.2, 0) is 16.0 Å². The van der Waals surface area contributed by atoms with Crippen molar-refractivity contribution in [3.63, 3.8) is 0 Å². The number of hydrogen-bond acceptors (Lipinski definition) is 6. The Bertz CT molecular complexity index is 1170. The van der Waals surface area contributed by atoms with Crippen LogP contribution in [0.2, 0.25) is 0 Å². The highest BCUT2D eigenvalue weighted by Gasteiger charge is 2.34. The van der Waals surface area contributed by atoms with Gasteiger partial charge in [-0.05, 0) is 62.3 Å². The van der Waals surface area contributed by atoms with E-state index in [1.165, 1.54) is 4.90 Å². The van der Waals surface area contributed by atoms with Gasteiger partial charge in [0, 0.05) is 19.1 Å². The number of aliphatic hydroxyl groups excluding tert-OH is 2. The molecule has 1 aliphatic rings. The van der Waals surface area contributed by atoms with E-state index in [1.807, 2.05) is 62.4 Å². The van der Waals surface area contributed by atoms with Crippen LogP contribution in [0.25, 0.3) is 0 Å². The maximum absolute atomic E-state index is 13.4. The number of para-hydroxylation sites is 1. The van der Waals surface area contributed by atoms with Crippen LogP contribution in [0.4, 0.5) is 4.79 Å². The summed E-state index contributed by atoms with van der Waals surface area (Å²) in [4.78, 5) is 39.7. The second-order valence-corrected chi connectivity index (χ2v) is 10.2. The fourth-order valence-corrected chi connectivity index (χ4v) is 4.79. The summed E-state index contributed by atoms with van der Waals surface area (Å²) < 4.78 is 5.63. The van der Waals surface area contributed by atoms with Gasteiger partial charge in [0.2, 0.25) is 5.91 Å². The molecule has 0 spiro atoms. The molecular formula is C30H40N4O6. The lowest BCUT2D eigenvalue weighted by atomic mass is 9.98. The van der Waals surface area contributed by atoms with E-state index in [0.29, 0.717) is 37.3 Å². The number of carbonyl (C=O) groups is 3. The number of rotatable bonds is 13. The summed E-state index contributed by atoms with van der Waals surface area (Å²) >= 11 is 0. The maximum atomic E-state index is 13.4. The first-order valence-electron chi connectivity index (χ1n) is 13.5. The average Bonchev–Trinajstić information content (AvgIpc) is 2.90. The lowest BCUT2D eigenvalue weighted by Gasteiger charge is -2.35. The van der Waals surface area contributed by atoms with E-state index in [-0.39, 0.29) is 19.1 Å². The standard InChI is InChI=1S/C30H40N4O6/c1-19(2)26(34-15-9-14-31-30(34)39)29(38)32-23(16-22-12-6-5-7-13-22)17-24(35)28(37)33-25(36)18-40-27-20(3)10-8-11-21(27)4/h5-8,10-13,23-24,26,28,35,37H,1,9,14-18H2,2-4H3,(H,31,39)(H,32,38)(H,33,36)/t23-,24-,26-,28-/m0/s1. The molecule has 2 aromatic rings. The Morgan fingerprint density at radius 3 is 2.38 bits per heavy atom. The lowest BCUT2D eigenvalue weighted by Crippen LogP contribution is -2.58. The van der Waals surface area contributed by atoms with E-state index in [2.05, 4.69) is 22.5 Å². The summed E-state index contributed by atoms with van der Waals surface area (Å²) in [6.45, 7) is 9.97. The van der Waals surface area contributed by atoms with Crippen LogP contribution in [0.1, 0.15) is 36.5 Å². The van der Waals surface area contributed by atoms with Crippen LogP contribution < -0.4 is 20.7 Å². The lowest BCUT2D eigenvalue weighted by molar-refractivity contribution is -0.130. The minimum absolute atomic E-state index is 0.0606. The Balaban J connectivity index is 1.65. The molecule has 3 rings (SSSR count). The van der Waals surface area contributed by atoms with Gasteiger partial charge < -0.3 is 35.8 Å². The minimum atomic E-state index is -1.59. The van der Waals surface area contributed by atoms with Crippen molar-refractivity contribution < 1.29 is 29.3 Å². The van der Waals surface area contributed by atoms with E-state index in [9.17, 15) is 24.6 Å². The quantitative estimate of drug-likeness (QED) is 0.190. The third-order valence-electron chi connectivity index (χ3n) is 6.77. The summed E-state index contributed by atoms with van der Waals surface area (Å²) in [6.07, 6.45) is -1.98. The van der Waals surface area contributed by atoms with Gasteiger partial charge in [-0.2, -0.15) is 0 Å². The van der Waals surface area contributed by atoms with Gasteiger partial charge >= 0.3 is 6.03 Å². The molecule has 1 fully saturated rings. The molecule has 5 N–H and O–H groups in total. The van der Waals surface area contributed by atoms with Gasteiger partial charge in [-0.1, -0.05) is 55.1 Å². The summed E-state index contributed by atoms with van der Waals surface area (Å²) in [7, 11) is 0.